The van der Waals surface area contributed by atoms with Crippen LogP contribution in [0.2, 0.25) is 0 Å². The number of rotatable bonds is 8. The van der Waals surface area contributed by atoms with Crippen LogP contribution >= 0.6 is 11.8 Å². The molecule has 0 spiro atoms. The average molecular weight is 648 g/mol. The molecule has 0 radical (unpaired) electrons. The first-order valence-corrected chi connectivity index (χ1v) is 14.7. The van der Waals surface area contributed by atoms with Crippen LogP contribution < -0.4 is 5.69 Å². The van der Waals surface area contributed by atoms with E-state index in [4.69, 9.17) is 4.74 Å². The molecule has 1 atom stereocenters. The van der Waals surface area contributed by atoms with Crippen molar-refractivity contribution in [3.8, 4) is 17.0 Å². The Balaban J connectivity index is 1.37. The van der Waals surface area contributed by atoms with E-state index in [0.29, 0.717) is 36.9 Å². The Morgan fingerprint density at radius 2 is 1.89 bits per heavy atom. The van der Waals surface area contributed by atoms with Crippen molar-refractivity contribution in [3.05, 3.63) is 99.5 Å². The Kier molecular flexibility index (Phi) is 9.44. The van der Waals surface area contributed by atoms with Gasteiger partial charge in [0.15, 0.2) is 0 Å². The number of amides is 1. The van der Waals surface area contributed by atoms with Crippen LogP contribution in [-0.4, -0.2) is 56.1 Å². The molecule has 0 bridgehead atoms. The third-order valence-electron chi connectivity index (χ3n) is 7.15. The molecule has 4 aromatic rings. The summed E-state index contributed by atoms with van der Waals surface area (Å²) in [5, 5.41) is 20.7. The van der Waals surface area contributed by atoms with Gasteiger partial charge in [-0.3, -0.25) is 0 Å². The molecular weight excluding hydrogens is 621 g/mol. The Morgan fingerprint density at radius 3 is 2.56 bits per heavy atom. The van der Waals surface area contributed by atoms with Crippen LogP contribution in [-0.2, 0) is 17.5 Å². The number of thioether (sulfide) groups is 1. The fourth-order valence-electron chi connectivity index (χ4n) is 4.99. The zero-order valence-corrected chi connectivity index (χ0v) is 24.2. The topological polar surface area (TPSA) is 116 Å². The van der Waals surface area contributed by atoms with E-state index in [0.717, 1.165) is 23.3 Å². The molecule has 2 heterocycles. The zero-order valence-electron chi connectivity index (χ0n) is 23.4. The van der Waals surface area contributed by atoms with Gasteiger partial charge >= 0.3 is 18.0 Å². The number of aromatic hydroxyl groups is 1. The molecular formula is C31H26F5N3O5S. The predicted octanol–water partition coefficient (Wildman–Crippen LogP) is 6.40. The smallest absolute Gasteiger partial charge is 0.417 e. The molecule has 5 rings (SSSR count). The molecule has 0 unspecified atom stereocenters. The standard InChI is InChI=1S/C31H26F5N3O5S/c32-19-6-7-21(24(33)13-19)25-23(31(34,35)36)14-22-26(37-29(42)38-28(22)41)27(25)45-16-20(40)12-17-8-10-39(11-9-17)30(43)44-15-18-4-2-1-3-5-18/h1-8,13-14,20,40H,9-12,15-16H2,(H2,37,38,41,42)/t20-/m1/s1. The summed E-state index contributed by atoms with van der Waals surface area (Å²) in [5.74, 6) is -3.44. The highest BCUT2D eigenvalue weighted by Gasteiger charge is 2.37. The number of hydrogen-bond acceptors (Lipinski definition) is 7. The molecule has 1 amide bonds. The SMILES string of the molecule is O=C(OCc1ccccc1)N1CC=C(C[C@@H](O)CSc2c(-c3ccc(F)cc3F)c(C(F)(F)F)cc3c(O)nc(=O)[nH]c23)CC1. The monoisotopic (exact) mass is 647 g/mol. The van der Waals surface area contributed by atoms with E-state index < -0.39 is 63.7 Å². The van der Waals surface area contributed by atoms with Gasteiger partial charge in [-0.15, -0.1) is 11.8 Å². The minimum absolute atomic E-state index is 0.121. The van der Waals surface area contributed by atoms with Crippen LogP contribution in [0.3, 0.4) is 0 Å². The van der Waals surface area contributed by atoms with Crippen LogP contribution in [0.15, 0.2) is 75.9 Å². The maximum absolute atomic E-state index is 14.9. The van der Waals surface area contributed by atoms with Crippen LogP contribution in [0, 0.1) is 11.6 Å². The average Bonchev–Trinajstić information content (AvgIpc) is 2.99. The molecule has 0 aliphatic carbocycles. The van der Waals surface area contributed by atoms with Crippen molar-refractivity contribution >= 4 is 28.8 Å². The van der Waals surface area contributed by atoms with Gasteiger partial charge in [0, 0.05) is 40.9 Å². The molecule has 1 aliphatic heterocycles. The summed E-state index contributed by atoms with van der Waals surface area (Å²) < 4.78 is 76.9. The van der Waals surface area contributed by atoms with Crippen molar-refractivity contribution in [2.24, 2.45) is 0 Å². The van der Waals surface area contributed by atoms with Gasteiger partial charge in [-0.25, -0.2) is 18.4 Å². The van der Waals surface area contributed by atoms with Crippen LogP contribution in [0.4, 0.5) is 26.7 Å². The molecule has 14 heteroatoms. The zero-order chi connectivity index (χ0) is 32.3. The molecule has 8 nitrogen and oxygen atoms in total. The molecule has 3 N–H and O–H groups in total. The van der Waals surface area contributed by atoms with Crippen molar-refractivity contribution in [2.45, 2.75) is 36.6 Å². The molecule has 45 heavy (non-hydrogen) atoms. The van der Waals surface area contributed by atoms with Crippen molar-refractivity contribution in [3.63, 3.8) is 0 Å². The number of aromatic amines is 1. The number of aromatic nitrogens is 2. The maximum Gasteiger partial charge on any atom is 0.417 e. The fourth-order valence-corrected chi connectivity index (χ4v) is 6.14. The minimum atomic E-state index is -5.05. The number of alkyl halides is 3. The number of halogens is 5. The Bertz CT molecular complexity index is 1810. The normalized spacial score (nSPS) is 14.4. The highest BCUT2D eigenvalue weighted by atomic mass is 32.2. The number of aliphatic hydroxyl groups is 1. The molecule has 1 aromatic heterocycles. The van der Waals surface area contributed by atoms with E-state index in [1.807, 2.05) is 30.3 Å². The number of H-pyrrole nitrogens is 1. The van der Waals surface area contributed by atoms with Crippen molar-refractivity contribution < 1.29 is 41.7 Å². The first-order chi connectivity index (χ1) is 21.4. The summed E-state index contributed by atoms with van der Waals surface area (Å²) >= 11 is 0.707. The van der Waals surface area contributed by atoms with E-state index in [2.05, 4.69) is 9.97 Å². The second-order valence-electron chi connectivity index (χ2n) is 10.3. The van der Waals surface area contributed by atoms with Crippen LogP contribution in [0.25, 0.3) is 22.0 Å². The summed E-state index contributed by atoms with van der Waals surface area (Å²) in [6.45, 7) is 0.692. The van der Waals surface area contributed by atoms with Crippen molar-refractivity contribution in [2.75, 3.05) is 18.8 Å². The number of aliphatic hydroxyl groups excluding tert-OH is 1. The quantitative estimate of drug-likeness (QED) is 0.115. The molecule has 0 fully saturated rings. The number of ether oxygens (including phenoxy) is 1. The number of nitrogens with one attached hydrogen (secondary N) is 1. The van der Waals surface area contributed by atoms with Gasteiger partial charge in [0.05, 0.1) is 22.6 Å². The Morgan fingerprint density at radius 1 is 1.13 bits per heavy atom. The van der Waals surface area contributed by atoms with E-state index >= 15 is 0 Å². The number of carbonyl (C=O) groups is 1. The van der Waals surface area contributed by atoms with Crippen molar-refractivity contribution in [1.82, 2.24) is 14.9 Å². The second kappa shape index (κ2) is 13.3. The molecule has 236 valence electrons. The number of benzene rings is 3. The minimum Gasteiger partial charge on any atom is -0.493 e. The van der Waals surface area contributed by atoms with Gasteiger partial charge in [0.25, 0.3) is 0 Å². The summed E-state index contributed by atoms with van der Waals surface area (Å²) in [7, 11) is 0. The Hall–Kier alpha value is -4.43. The van der Waals surface area contributed by atoms with Gasteiger partial charge in [-0.1, -0.05) is 42.0 Å². The Labute approximate surface area is 257 Å². The van der Waals surface area contributed by atoms with Gasteiger partial charge < -0.3 is 24.8 Å². The van der Waals surface area contributed by atoms with Gasteiger partial charge in [0.1, 0.15) is 18.2 Å². The summed E-state index contributed by atoms with van der Waals surface area (Å²) in [4.78, 5) is 31.3. The third-order valence-corrected chi connectivity index (χ3v) is 8.40. The number of carbonyl (C=O) groups excluding carboxylic acids is 1. The van der Waals surface area contributed by atoms with Gasteiger partial charge in [-0.2, -0.15) is 18.2 Å². The molecule has 0 saturated heterocycles. The lowest BCUT2D eigenvalue weighted by molar-refractivity contribution is -0.137. The van der Waals surface area contributed by atoms with E-state index in [1.54, 1.807) is 6.08 Å². The number of hydrogen-bond donors (Lipinski definition) is 3. The molecule has 1 aliphatic rings. The van der Waals surface area contributed by atoms with Crippen LogP contribution in [0.5, 0.6) is 5.88 Å². The molecule has 3 aromatic carbocycles. The van der Waals surface area contributed by atoms with E-state index in [9.17, 15) is 41.8 Å². The lowest BCUT2D eigenvalue weighted by Crippen LogP contribution is -2.35. The highest BCUT2D eigenvalue weighted by Crippen LogP contribution is 2.47. The van der Waals surface area contributed by atoms with Crippen molar-refractivity contribution in [1.29, 1.82) is 0 Å². The van der Waals surface area contributed by atoms with E-state index in [1.165, 1.54) is 4.90 Å². The predicted molar refractivity (Wildman–Crippen MR) is 157 cm³/mol. The highest BCUT2D eigenvalue weighted by molar-refractivity contribution is 7.99. The lowest BCUT2D eigenvalue weighted by atomic mass is 9.96. The number of fused-ring (bicyclic) bond motifs is 1. The van der Waals surface area contributed by atoms with Gasteiger partial charge in [0.2, 0.25) is 5.88 Å². The first-order valence-electron chi connectivity index (χ1n) is 13.7. The van der Waals surface area contributed by atoms with Gasteiger partial charge in [-0.05, 0) is 36.6 Å². The number of nitrogens with zero attached hydrogens (tertiary/aromatic N) is 2. The lowest BCUT2D eigenvalue weighted by Gasteiger charge is -2.27. The fraction of sp³-hybridized carbons (Fsp3) is 0.258. The third kappa shape index (κ3) is 7.45. The maximum atomic E-state index is 14.9. The largest absolute Gasteiger partial charge is 0.493 e. The second-order valence-corrected chi connectivity index (χ2v) is 11.3. The molecule has 0 saturated carbocycles. The first kappa shape index (κ1) is 32.0. The summed E-state index contributed by atoms with van der Waals surface area (Å²) in [6.07, 6.45) is -4.33. The summed E-state index contributed by atoms with van der Waals surface area (Å²) in [6, 6.07) is 11.8. The summed E-state index contributed by atoms with van der Waals surface area (Å²) in [5.41, 5.74) is -2.29. The van der Waals surface area contributed by atoms with Crippen LogP contribution in [0.1, 0.15) is 24.0 Å². The van der Waals surface area contributed by atoms with E-state index in [-0.39, 0.29) is 35.7 Å².